The van der Waals surface area contributed by atoms with E-state index in [2.05, 4.69) is 4.98 Å². The number of hydrogen-bond acceptors (Lipinski definition) is 4. The predicted octanol–water partition coefficient (Wildman–Crippen LogP) is 2.88. The minimum Gasteiger partial charge on any atom is -0.405 e. The summed E-state index contributed by atoms with van der Waals surface area (Å²) in [6, 6.07) is 7.77. The number of aryl methyl sites for hydroxylation is 2. The van der Waals surface area contributed by atoms with Crippen molar-refractivity contribution >= 4 is 5.97 Å². The number of ether oxygens (including phenoxy) is 1. The molecule has 0 bridgehead atoms. The highest BCUT2D eigenvalue weighted by Crippen LogP contribution is 2.26. The third-order valence-electron chi connectivity index (χ3n) is 2.29. The number of aromatic nitrogens is 1. The van der Waals surface area contributed by atoms with Crippen LogP contribution >= 0.6 is 0 Å². The van der Waals surface area contributed by atoms with Crippen molar-refractivity contribution in [2.45, 2.75) is 20.8 Å². The van der Waals surface area contributed by atoms with Crippen LogP contribution in [0.4, 0.5) is 0 Å². The lowest BCUT2D eigenvalue weighted by atomic mass is 10.1. The van der Waals surface area contributed by atoms with Crippen molar-refractivity contribution in [3.8, 4) is 17.4 Å². The Balaban J connectivity index is 2.34. The molecule has 0 atom stereocenters. The van der Waals surface area contributed by atoms with E-state index in [-0.39, 0.29) is 5.95 Å². The minimum absolute atomic E-state index is 0.160. The molecule has 2 rings (SSSR count). The number of oxazole rings is 1. The Morgan fingerprint density at radius 3 is 2.47 bits per heavy atom. The normalized spacial score (nSPS) is 10.3. The maximum atomic E-state index is 10.8. The van der Waals surface area contributed by atoms with Gasteiger partial charge in [-0.3, -0.25) is 4.79 Å². The number of benzene rings is 1. The maximum absolute atomic E-state index is 10.8. The van der Waals surface area contributed by atoms with E-state index in [4.69, 9.17) is 9.15 Å². The van der Waals surface area contributed by atoms with Gasteiger partial charge < -0.3 is 9.15 Å². The van der Waals surface area contributed by atoms with Gasteiger partial charge in [0.15, 0.2) is 0 Å². The standard InChI is InChI=1S/C13H13NO3/c1-8-4-6-11(7-5-8)12-14-9(2)13(17-12)16-10(3)15/h4-7H,1-3H3. The zero-order valence-electron chi connectivity index (χ0n) is 9.98. The van der Waals surface area contributed by atoms with Crippen molar-refractivity contribution in [1.29, 1.82) is 0 Å². The molecule has 0 saturated carbocycles. The molecule has 0 amide bonds. The highest BCUT2D eigenvalue weighted by Gasteiger charge is 2.13. The summed E-state index contributed by atoms with van der Waals surface area (Å²) in [6.45, 7) is 5.07. The molecule has 0 radical (unpaired) electrons. The topological polar surface area (TPSA) is 52.3 Å². The monoisotopic (exact) mass is 231 g/mol. The molecule has 88 valence electrons. The summed E-state index contributed by atoms with van der Waals surface area (Å²) in [6.07, 6.45) is 0. The van der Waals surface area contributed by atoms with E-state index in [0.29, 0.717) is 11.6 Å². The number of nitrogens with zero attached hydrogens (tertiary/aromatic N) is 1. The summed E-state index contributed by atoms with van der Waals surface area (Å²) >= 11 is 0. The average Bonchev–Trinajstić information content (AvgIpc) is 2.60. The Morgan fingerprint density at radius 2 is 1.88 bits per heavy atom. The van der Waals surface area contributed by atoms with Crippen molar-refractivity contribution in [2.24, 2.45) is 0 Å². The van der Waals surface area contributed by atoms with Crippen LogP contribution in [-0.4, -0.2) is 11.0 Å². The molecule has 1 aromatic heterocycles. The van der Waals surface area contributed by atoms with Crippen molar-refractivity contribution in [1.82, 2.24) is 4.98 Å². The van der Waals surface area contributed by atoms with E-state index in [1.807, 2.05) is 31.2 Å². The van der Waals surface area contributed by atoms with Crippen LogP contribution in [0.25, 0.3) is 11.5 Å². The van der Waals surface area contributed by atoms with Gasteiger partial charge in [-0.25, -0.2) is 4.98 Å². The predicted molar refractivity (Wildman–Crippen MR) is 62.7 cm³/mol. The molecule has 2 aromatic rings. The Morgan fingerprint density at radius 1 is 1.24 bits per heavy atom. The number of hydrogen-bond donors (Lipinski definition) is 0. The van der Waals surface area contributed by atoms with Crippen LogP contribution in [0.15, 0.2) is 28.7 Å². The smallest absolute Gasteiger partial charge is 0.316 e. The highest BCUT2D eigenvalue weighted by atomic mass is 16.6. The molecule has 4 heteroatoms. The number of rotatable bonds is 2. The molecular formula is C13H13NO3. The van der Waals surface area contributed by atoms with Crippen LogP contribution in [0.5, 0.6) is 5.95 Å². The van der Waals surface area contributed by atoms with Gasteiger partial charge in [-0.15, -0.1) is 0 Å². The first-order valence-electron chi connectivity index (χ1n) is 5.29. The van der Waals surface area contributed by atoms with E-state index in [1.54, 1.807) is 6.92 Å². The van der Waals surface area contributed by atoms with E-state index >= 15 is 0 Å². The van der Waals surface area contributed by atoms with Crippen LogP contribution in [0.3, 0.4) is 0 Å². The second-order valence-electron chi connectivity index (χ2n) is 3.85. The molecule has 0 aliphatic heterocycles. The van der Waals surface area contributed by atoms with Crippen LogP contribution < -0.4 is 4.74 Å². The van der Waals surface area contributed by atoms with Crippen LogP contribution in [0.1, 0.15) is 18.2 Å². The second kappa shape index (κ2) is 4.41. The molecule has 1 aromatic carbocycles. The lowest BCUT2D eigenvalue weighted by Crippen LogP contribution is -2.01. The van der Waals surface area contributed by atoms with Gasteiger partial charge in [0, 0.05) is 12.5 Å². The minimum atomic E-state index is -0.417. The zero-order valence-corrected chi connectivity index (χ0v) is 9.98. The molecular weight excluding hydrogens is 218 g/mol. The van der Waals surface area contributed by atoms with Crippen molar-refractivity contribution in [3.63, 3.8) is 0 Å². The Kier molecular flexibility index (Phi) is 2.95. The third kappa shape index (κ3) is 2.53. The fourth-order valence-electron chi connectivity index (χ4n) is 1.43. The van der Waals surface area contributed by atoms with Gasteiger partial charge in [0.1, 0.15) is 5.69 Å². The Bertz CT molecular complexity index is 540. The molecule has 4 nitrogen and oxygen atoms in total. The Labute approximate surface area is 99.2 Å². The summed E-state index contributed by atoms with van der Waals surface area (Å²) in [5.41, 5.74) is 2.59. The quantitative estimate of drug-likeness (QED) is 0.746. The lowest BCUT2D eigenvalue weighted by Gasteiger charge is -1.96. The van der Waals surface area contributed by atoms with Gasteiger partial charge in [0.05, 0.1) is 0 Å². The summed E-state index contributed by atoms with van der Waals surface area (Å²) in [5, 5.41) is 0. The maximum Gasteiger partial charge on any atom is 0.316 e. The van der Waals surface area contributed by atoms with E-state index in [0.717, 1.165) is 11.1 Å². The molecule has 0 aliphatic carbocycles. The van der Waals surface area contributed by atoms with Gasteiger partial charge in [0.25, 0.3) is 0 Å². The second-order valence-corrected chi connectivity index (χ2v) is 3.85. The third-order valence-corrected chi connectivity index (χ3v) is 2.29. The van der Waals surface area contributed by atoms with E-state index < -0.39 is 5.97 Å². The molecule has 0 fully saturated rings. The first kappa shape index (κ1) is 11.4. The van der Waals surface area contributed by atoms with Crippen molar-refractivity contribution in [2.75, 3.05) is 0 Å². The van der Waals surface area contributed by atoms with Gasteiger partial charge >= 0.3 is 11.9 Å². The molecule has 0 aliphatic rings. The van der Waals surface area contributed by atoms with E-state index in [1.165, 1.54) is 6.92 Å². The summed E-state index contributed by atoms with van der Waals surface area (Å²) in [4.78, 5) is 15.1. The molecule has 0 unspecified atom stereocenters. The van der Waals surface area contributed by atoms with Crippen molar-refractivity contribution in [3.05, 3.63) is 35.5 Å². The molecule has 17 heavy (non-hydrogen) atoms. The van der Waals surface area contributed by atoms with Crippen LogP contribution in [-0.2, 0) is 4.79 Å². The fourth-order valence-corrected chi connectivity index (χ4v) is 1.43. The number of carbonyl (C=O) groups excluding carboxylic acids is 1. The number of esters is 1. The van der Waals surface area contributed by atoms with Gasteiger partial charge in [-0.05, 0) is 26.0 Å². The van der Waals surface area contributed by atoms with Crippen molar-refractivity contribution < 1.29 is 13.9 Å². The highest BCUT2D eigenvalue weighted by molar-refractivity contribution is 5.69. The summed E-state index contributed by atoms with van der Waals surface area (Å²) in [7, 11) is 0. The molecule has 0 spiro atoms. The molecule has 0 N–H and O–H groups in total. The van der Waals surface area contributed by atoms with Gasteiger partial charge in [-0.1, -0.05) is 17.7 Å². The summed E-state index contributed by atoms with van der Waals surface area (Å²) < 4.78 is 10.3. The number of carbonyl (C=O) groups is 1. The van der Waals surface area contributed by atoms with Crippen LogP contribution in [0, 0.1) is 13.8 Å². The SMILES string of the molecule is CC(=O)Oc1oc(-c2ccc(C)cc2)nc1C. The van der Waals surface area contributed by atoms with E-state index in [9.17, 15) is 4.79 Å². The lowest BCUT2D eigenvalue weighted by molar-refractivity contribution is -0.133. The first-order chi connectivity index (χ1) is 8.06. The van der Waals surface area contributed by atoms with Gasteiger partial charge in [0.2, 0.25) is 5.89 Å². The molecule has 1 heterocycles. The Hall–Kier alpha value is -2.10. The summed E-state index contributed by atoms with van der Waals surface area (Å²) in [5.74, 6) is 0.200. The van der Waals surface area contributed by atoms with Crippen LogP contribution in [0.2, 0.25) is 0 Å². The first-order valence-corrected chi connectivity index (χ1v) is 5.29. The van der Waals surface area contributed by atoms with Gasteiger partial charge in [-0.2, -0.15) is 0 Å². The zero-order chi connectivity index (χ0) is 12.4. The largest absolute Gasteiger partial charge is 0.405 e. The fraction of sp³-hybridized carbons (Fsp3) is 0.231. The average molecular weight is 231 g/mol. The molecule has 0 saturated heterocycles.